The van der Waals surface area contributed by atoms with Gasteiger partial charge in [-0.1, -0.05) is 12.1 Å². The molecule has 0 aliphatic heterocycles. The lowest BCUT2D eigenvalue weighted by molar-refractivity contribution is 0.475. The summed E-state index contributed by atoms with van der Waals surface area (Å²) in [6.45, 7) is 0. The summed E-state index contributed by atoms with van der Waals surface area (Å²) in [7, 11) is 0. The van der Waals surface area contributed by atoms with E-state index in [9.17, 15) is 5.11 Å². The second kappa shape index (κ2) is 4.34. The van der Waals surface area contributed by atoms with Crippen LogP contribution >= 0.6 is 0 Å². The molecular formula is C16H15N3O. The number of aromatic hydroxyl groups is 1. The summed E-state index contributed by atoms with van der Waals surface area (Å²) in [6, 6.07) is 9.98. The molecule has 1 aliphatic carbocycles. The van der Waals surface area contributed by atoms with Crippen molar-refractivity contribution in [3.8, 4) is 5.75 Å². The summed E-state index contributed by atoms with van der Waals surface area (Å²) in [6.07, 6.45) is 6.90. The van der Waals surface area contributed by atoms with Crippen LogP contribution in [0.25, 0.3) is 11.0 Å². The van der Waals surface area contributed by atoms with Crippen molar-refractivity contribution < 1.29 is 5.11 Å². The van der Waals surface area contributed by atoms with Crippen LogP contribution in [0, 0.1) is 0 Å². The molecule has 4 heteroatoms. The lowest BCUT2D eigenvalue weighted by Gasteiger charge is -2.07. The fraction of sp³-hybridized carbons (Fsp3) is 0.250. The molecule has 4 rings (SSSR count). The Morgan fingerprint density at radius 3 is 2.70 bits per heavy atom. The number of pyridine rings is 1. The van der Waals surface area contributed by atoms with Crippen molar-refractivity contribution in [2.75, 3.05) is 0 Å². The highest BCUT2D eigenvalue weighted by atomic mass is 16.3. The Bertz CT molecular complexity index is 757. The Labute approximate surface area is 116 Å². The van der Waals surface area contributed by atoms with Gasteiger partial charge in [0.25, 0.3) is 0 Å². The Morgan fingerprint density at radius 2 is 1.95 bits per heavy atom. The zero-order valence-electron chi connectivity index (χ0n) is 11.0. The minimum absolute atomic E-state index is 0.300. The van der Waals surface area contributed by atoms with E-state index in [1.807, 2.05) is 30.6 Å². The van der Waals surface area contributed by atoms with Crippen molar-refractivity contribution in [1.82, 2.24) is 14.5 Å². The molecular weight excluding hydrogens is 250 g/mol. The smallest absolute Gasteiger partial charge is 0.115 e. The van der Waals surface area contributed by atoms with Crippen LogP contribution in [0.4, 0.5) is 0 Å². The van der Waals surface area contributed by atoms with Crippen LogP contribution in [0.2, 0.25) is 0 Å². The highest BCUT2D eigenvalue weighted by molar-refractivity contribution is 5.75. The van der Waals surface area contributed by atoms with Crippen LogP contribution in [-0.4, -0.2) is 19.6 Å². The molecule has 2 aromatic heterocycles. The number of phenols is 1. The van der Waals surface area contributed by atoms with Gasteiger partial charge in [-0.25, -0.2) is 4.98 Å². The molecule has 100 valence electrons. The summed E-state index contributed by atoms with van der Waals surface area (Å²) in [4.78, 5) is 8.89. The SMILES string of the molecule is Oc1ccc(Cc2nc3cnccc3n2C2CC2)cc1. The molecule has 2 heterocycles. The Kier molecular flexibility index (Phi) is 2.49. The Hall–Kier alpha value is -2.36. The number of imidazole rings is 1. The molecule has 1 fully saturated rings. The van der Waals surface area contributed by atoms with Gasteiger partial charge in [0, 0.05) is 18.7 Å². The molecule has 1 aliphatic rings. The summed E-state index contributed by atoms with van der Waals surface area (Å²) in [5.41, 5.74) is 3.30. The van der Waals surface area contributed by atoms with Crippen molar-refractivity contribution in [1.29, 1.82) is 0 Å². The van der Waals surface area contributed by atoms with E-state index < -0.39 is 0 Å². The van der Waals surface area contributed by atoms with Crippen molar-refractivity contribution in [3.63, 3.8) is 0 Å². The van der Waals surface area contributed by atoms with E-state index in [2.05, 4.69) is 9.55 Å². The molecule has 3 aromatic rings. The second-order valence-corrected chi connectivity index (χ2v) is 5.34. The predicted octanol–water partition coefficient (Wildman–Crippen LogP) is 3.06. The molecule has 1 aromatic carbocycles. The van der Waals surface area contributed by atoms with E-state index in [1.54, 1.807) is 12.1 Å². The van der Waals surface area contributed by atoms with Crippen LogP contribution in [-0.2, 0) is 6.42 Å². The van der Waals surface area contributed by atoms with Gasteiger partial charge in [-0.15, -0.1) is 0 Å². The zero-order valence-corrected chi connectivity index (χ0v) is 11.0. The number of fused-ring (bicyclic) bond motifs is 1. The Morgan fingerprint density at radius 1 is 1.15 bits per heavy atom. The van der Waals surface area contributed by atoms with Gasteiger partial charge in [-0.2, -0.15) is 0 Å². The first kappa shape index (κ1) is 11.5. The van der Waals surface area contributed by atoms with Crippen molar-refractivity contribution in [3.05, 3.63) is 54.1 Å². The molecule has 0 amide bonds. The molecule has 4 nitrogen and oxygen atoms in total. The van der Waals surface area contributed by atoms with E-state index in [4.69, 9.17) is 4.98 Å². The average molecular weight is 265 g/mol. The zero-order chi connectivity index (χ0) is 13.5. The summed E-state index contributed by atoms with van der Waals surface area (Å²) in [5.74, 6) is 1.38. The molecule has 0 spiro atoms. The van der Waals surface area contributed by atoms with E-state index in [-0.39, 0.29) is 0 Å². The number of benzene rings is 1. The number of rotatable bonds is 3. The Balaban J connectivity index is 1.78. The predicted molar refractivity (Wildman–Crippen MR) is 76.7 cm³/mol. The first-order valence-electron chi connectivity index (χ1n) is 6.90. The maximum absolute atomic E-state index is 9.36. The molecule has 20 heavy (non-hydrogen) atoms. The molecule has 0 atom stereocenters. The fourth-order valence-electron chi connectivity index (χ4n) is 2.66. The van der Waals surface area contributed by atoms with Gasteiger partial charge in [-0.3, -0.25) is 4.98 Å². The highest BCUT2D eigenvalue weighted by Crippen LogP contribution is 2.38. The van der Waals surface area contributed by atoms with Crippen LogP contribution in [0.3, 0.4) is 0 Å². The van der Waals surface area contributed by atoms with E-state index in [0.717, 1.165) is 23.3 Å². The van der Waals surface area contributed by atoms with E-state index in [1.165, 1.54) is 18.4 Å². The quantitative estimate of drug-likeness (QED) is 0.791. The number of aromatic nitrogens is 3. The van der Waals surface area contributed by atoms with Crippen LogP contribution in [0.1, 0.15) is 30.3 Å². The average Bonchev–Trinajstić information content (AvgIpc) is 3.23. The van der Waals surface area contributed by atoms with Crippen molar-refractivity contribution in [2.24, 2.45) is 0 Å². The molecule has 1 saturated carbocycles. The second-order valence-electron chi connectivity index (χ2n) is 5.34. The van der Waals surface area contributed by atoms with Gasteiger partial charge in [-0.05, 0) is 36.6 Å². The fourth-order valence-corrected chi connectivity index (χ4v) is 2.66. The number of hydrogen-bond acceptors (Lipinski definition) is 3. The first-order valence-corrected chi connectivity index (χ1v) is 6.90. The summed E-state index contributed by atoms with van der Waals surface area (Å²) < 4.78 is 2.35. The molecule has 0 unspecified atom stereocenters. The van der Waals surface area contributed by atoms with Crippen LogP contribution in [0.15, 0.2) is 42.7 Å². The van der Waals surface area contributed by atoms with E-state index >= 15 is 0 Å². The maximum Gasteiger partial charge on any atom is 0.115 e. The van der Waals surface area contributed by atoms with Crippen molar-refractivity contribution >= 4 is 11.0 Å². The third-order valence-corrected chi connectivity index (χ3v) is 3.78. The van der Waals surface area contributed by atoms with Crippen LogP contribution in [0.5, 0.6) is 5.75 Å². The highest BCUT2D eigenvalue weighted by Gasteiger charge is 2.28. The molecule has 0 bridgehead atoms. The first-order chi connectivity index (χ1) is 9.81. The monoisotopic (exact) mass is 265 g/mol. The minimum Gasteiger partial charge on any atom is -0.508 e. The van der Waals surface area contributed by atoms with Gasteiger partial charge in [0.2, 0.25) is 0 Å². The third kappa shape index (κ3) is 1.93. The van der Waals surface area contributed by atoms with Gasteiger partial charge in [0.1, 0.15) is 17.1 Å². The van der Waals surface area contributed by atoms with Gasteiger partial charge >= 0.3 is 0 Å². The van der Waals surface area contributed by atoms with Crippen molar-refractivity contribution in [2.45, 2.75) is 25.3 Å². The lowest BCUT2D eigenvalue weighted by atomic mass is 10.1. The van der Waals surface area contributed by atoms with Gasteiger partial charge in [0.15, 0.2) is 0 Å². The maximum atomic E-state index is 9.36. The minimum atomic E-state index is 0.300. The lowest BCUT2D eigenvalue weighted by Crippen LogP contribution is -2.02. The summed E-state index contributed by atoms with van der Waals surface area (Å²) in [5, 5.41) is 9.36. The van der Waals surface area contributed by atoms with E-state index in [0.29, 0.717) is 11.8 Å². The third-order valence-electron chi connectivity index (χ3n) is 3.78. The standard InChI is InChI=1S/C16H15N3O/c20-13-5-1-11(2-6-13)9-16-18-14-10-17-8-7-15(14)19(16)12-3-4-12/h1-2,5-8,10,12,20H,3-4,9H2. The number of phenolic OH excluding ortho intramolecular Hbond substituents is 1. The topological polar surface area (TPSA) is 50.9 Å². The van der Waals surface area contributed by atoms with Gasteiger partial charge in [0.05, 0.1) is 11.7 Å². The summed E-state index contributed by atoms with van der Waals surface area (Å²) >= 11 is 0. The molecule has 0 radical (unpaired) electrons. The number of hydrogen-bond donors (Lipinski definition) is 1. The van der Waals surface area contributed by atoms with Crippen LogP contribution < -0.4 is 0 Å². The molecule has 1 N–H and O–H groups in total. The number of nitrogens with zero attached hydrogens (tertiary/aromatic N) is 3. The molecule has 0 saturated heterocycles. The van der Waals surface area contributed by atoms with Gasteiger partial charge < -0.3 is 9.67 Å². The normalized spacial score (nSPS) is 14.8. The largest absolute Gasteiger partial charge is 0.508 e.